The molecule has 3 N–H and O–H groups in total. The summed E-state index contributed by atoms with van der Waals surface area (Å²) in [5.74, 6) is 0.534. The first-order valence-corrected chi connectivity index (χ1v) is 10.8. The maximum Gasteiger partial charge on any atom is 0.239 e. The Morgan fingerprint density at radius 2 is 2.12 bits per heavy atom. The number of carbonyl (C=O) groups is 1. The van der Waals surface area contributed by atoms with Gasteiger partial charge in [0, 0.05) is 25.2 Å². The molecule has 3 aromatic rings. The molecule has 10 heteroatoms. The number of rotatable bonds is 9. The molecule has 172 valence electrons. The van der Waals surface area contributed by atoms with Crippen LogP contribution in [0.1, 0.15) is 11.3 Å². The van der Waals surface area contributed by atoms with E-state index in [1.54, 1.807) is 30.3 Å². The Morgan fingerprint density at radius 1 is 1.24 bits per heavy atom. The molecule has 0 saturated heterocycles. The highest BCUT2D eigenvalue weighted by atomic mass is 35.5. The lowest BCUT2D eigenvalue weighted by molar-refractivity contribution is -0.119. The van der Waals surface area contributed by atoms with Crippen molar-refractivity contribution in [1.29, 1.82) is 0 Å². The largest absolute Gasteiger partial charge is 0.487 e. The minimum atomic E-state index is -0.320. The third kappa shape index (κ3) is 5.68. The van der Waals surface area contributed by atoms with Crippen LogP contribution in [-0.4, -0.2) is 47.2 Å². The van der Waals surface area contributed by atoms with Crippen molar-refractivity contribution < 1.29 is 19.0 Å². The second-order valence-electron chi connectivity index (χ2n) is 7.45. The smallest absolute Gasteiger partial charge is 0.239 e. The predicted octanol–water partition coefficient (Wildman–Crippen LogP) is 3.06. The fraction of sp³-hybridized carbons (Fsp3) is 0.261. The Balaban J connectivity index is 1.46. The number of aliphatic hydroxyl groups is 1. The molecule has 0 atom stereocenters. The quantitative estimate of drug-likeness (QED) is 0.441. The summed E-state index contributed by atoms with van der Waals surface area (Å²) in [5.41, 5.74) is 3.01. The minimum Gasteiger partial charge on any atom is -0.487 e. The van der Waals surface area contributed by atoms with Crippen molar-refractivity contribution in [3.63, 3.8) is 0 Å². The van der Waals surface area contributed by atoms with Crippen LogP contribution < -0.4 is 20.3 Å². The van der Waals surface area contributed by atoms with Crippen LogP contribution in [0.15, 0.2) is 48.8 Å². The molecule has 1 amide bonds. The second-order valence-corrected chi connectivity index (χ2v) is 7.86. The van der Waals surface area contributed by atoms with E-state index >= 15 is 0 Å². The highest BCUT2D eigenvalue weighted by Gasteiger charge is 2.26. The fourth-order valence-electron chi connectivity index (χ4n) is 3.58. The zero-order valence-electron chi connectivity index (χ0n) is 17.7. The van der Waals surface area contributed by atoms with Gasteiger partial charge in [0.2, 0.25) is 5.91 Å². The van der Waals surface area contributed by atoms with Crippen molar-refractivity contribution >= 4 is 34.7 Å². The SMILES string of the molecule is O=C(CN1CCc2ncnc(Nc3ccc(OCc4cccc(F)c4)c(Cl)c3)c21)NCCO. The number of anilines is 3. The van der Waals surface area contributed by atoms with Crippen LogP contribution >= 0.6 is 11.6 Å². The molecule has 0 radical (unpaired) electrons. The van der Waals surface area contributed by atoms with Gasteiger partial charge in [-0.1, -0.05) is 23.7 Å². The summed E-state index contributed by atoms with van der Waals surface area (Å²) in [6.07, 6.45) is 2.18. The standard InChI is InChI=1S/C23H23ClFN5O3/c24-18-11-17(4-5-20(18)33-13-15-2-1-3-16(25)10-15)29-23-22-19(27-14-28-23)6-8-30(22)12-21(32)26-7-9-31/h1-5,10-11,14,31H,6-9,12-13H2,(H,26,32)(H,27,28,29). The summed E-state index contributed by atoms with van der Waals surface area (Å²) >= 11 is 6.40. The summed E-state index contributed by atoms with van der Waals surface area (Å²) in [6, 6.07) is 11.4. The molecule has 0 spiro atoms. The van der Waals surface area contributed by atoms with Crippen LogP contribution in [0.4, 0.5) is 21.6 Å². The van der Waals surface area contributed by atoms with Crippen molar-refractivity contribution in [3.8, 4) is 5.75 Å². The number of hydrogen-bond acceptors (Lipinski definition) is 7. The Bertz CT molecular complexity index is 1150. The van der Waals surface area contributed by atoms with Gasteiger partial charge in [0.15, 0.2) is 5.82 Å². The van der Waals surface area contributed by atoms with Gasteiger partial charge < -0.3 is 25.4 Å². The van der Waals surface area contributed by atoms with Gasteiger partial charge in [0.1, 0.15) is 30.2 Å². The van der Waals surface area contributed by atoms with Crippen molar-refractivity contribution in [2.75, 3.05) is 36.5 Å². The number of nitrogens with one attached hydrogen (secondary N) is 2. The minimum absolute atomic E-state index is 0.110. The van der Waals surface area contributed by atoms with E-state index in [0.29, 0.717) is 40.8 Å². The normalized spacial score (nSPS) is 12.4. The van der Waals surface area contributed by atoms with Gasteiger partial charge in [-0.3, -0.25) is 4.79 Å². The van der Waals surface area contributed by atoms with Gasteiger partial charge in [-0.25, -0.2) is 14.4 Å². The third-order valence-electron chi connectivity index (χ3n) is 5.08. The van der Waals surface area contributed by atoms with Gasteiger partial charge in [-0.2, -0.15) is 0 Å². The number of aromatic nitrogens is 2. The highest BCUT2D eigenvalue weighted by molar-refractivity contribution is 6.32. The summed E-state index contributed by atoms with van der Waals surface area (Å²) in [6.45, 7) is 1.07. The zero-order valence-corrected chi connectivity index (χ0v) is 18.5. The number of amides is 1. The molecule has 1 aliphatic heterocycles. The average Bonchev–Trinajstić information content (AvgIpc) is 3.21. The first-order chi connectivity index (χ1) is 16.0. The number of halogens is 2. The van der Waals surface area contributed by atoms with Crippen molar-refractivity contribution in [3.05, 3.63) is 70.9 Å². The molecule has 0 fully saturated rings. The molecule has 33 heavy (non-hydrogen) atoms. The van der Waals surface area contributed by atoms with Crippen LogP contribution in [0.25, 0.3) is 0 Å². The molecule has 0 unspecified atom stereocenters. The lowest BCUT2D eigenvalue weighted by atomic mass is 10.2. The van der Waals surface area contributed by atoms with Gasteiger partial charge in [0.25, 0.3) is 0 Å². The van der Waals surface area contributed by atoms with E-state index < -0.39 is 0 Å². The molecule has 0 aliphatic carbocycles. The molecule has 8 nitrogen and oxygen atoms in total. The van der Waals surface area contributed by atoms with E-state index in [-0.39, 0.29) is 38.0 Å². The molecule has 0 bridgehead atoms. The lowest BCUT2D eigenvalue weighted by Crippen LogP contribution is -2.37. The van der Waals surface area contributed by atoms with Gasteiger partial charge in [-0.05, 0) is 35.9 Å². The fourth-order valence-corrected chi connectivity index (χ4v) is 3.81. The predicted molar refractivity (Wildman–Crippen MR) is 124 cm³/mol. The van der Waals surface area contributed by atoms with Crippen LogP contribution in [0.5, 0.6) is 5.75 Å². The second kappa shape index (κ2) is 10.5. The van der Waals surface area contributed by atoms with Crippen molar-refractivity contribution in [2.24, 2.45) is 0 Å². The number of aliphatic hydroxyl groups excluding tert-OH is 1. The number of carbonyl (C=O) groups excluding carboxylic acids is 1. The van der Waals surface area contributed by atoms with E-state index in [1.807, 2.05) is 4.90 Å². The molecular formula is C23H23ClFN5O3. The maximum absolute atomic E-state index is 13.3. The number of ether oxygens (including phenoxy) is 1. The monoisotopic (exact) mass is 471 g/mol. The van der Waals surface area contributed by atoms with E-state index in [4.69, 9.17) is 21.4 Å². The van der Waals surface area contributed by atoms with E-state index in [2.05, 4.69) is 20.6 Å². The topological polar surface area (TPSA) is 99.6 Å². The van der Waals surface area contributed by atoms with E-state index in [1.165, 1.54) is 18.5 Å². The molecule has 1 aliphatic rings. The molecule has 2 heterocycles. The summed E-state index contributed by atoms with van der Waals surface area (Å²) in [5, 5.41) is 15.2. The first-order valence-electron chi connectivity index (χ1n) is 10.4. The Morgan fingerprint density at radius 3 is 2.91 bits per heavy atom. The molecular weight excluding hydrogens is 449 g/mol. The zero-order chi connectivity index (χ0) is 23.2. The summed E-state index contributed by atoms with van der Waals surface area (Å²) in [7, 11) is 0. The van der Waals surface area contributed by atoms with Gasteiger partial charge >= 0.3 is 0 Å². The van der Waals surface area contributed by atoms with E-state index in [0.717, 1.165) is 11.4 Å². The lowest BCUT2D eigenvalue weighted by Gasteiger charge is -2.21. The summed E-state index contributed by atoms with van der Waals surface area (Å²) in [4.78, 5) is 22.7. The van der Waals surface area contributed by atoms with Gasteiger partial charge in [0.05, 0.1) is 23.9 Å². The van der Waals surface area contributed by atoms with Crippen LogP contribution in [0, 0.1) is 5.82 Å². The Kier molecular flexibility index (Phi) is 7.21. The number of benzene rings is 2. The van der Waals surface area contributed by atoms with Crippen LogP contribution in [-0.2, 0) is 17.8 Å². The molecule has 1 aromatic heterocycles. The number of nitrogens with zero attached hydrogens (tertiary/aromatic N) is 3. The highest BCUT2D eigenvalue weighted by Crippen LogP contribution is 2.35. The van der Waals surface area contributed by atoms with Crippen LogP contribution in [0.3, 0.4) is 0 Å². The van der Waals surface area contributed by atoms with Crippen molar-refractivity contribution in [1.82, 2.24) is 15.3 Å². The molecule has 4 rings (SSSR count). The third-order valence-corrected chi connectivity index (χ3v) is 5.37. The molecule has 0 saturated carbocycles. The Labute approximate surface area is 195 Å². The maximum atomic E-state index is 13.3. The average molecular weight is 472 g/mol. The van der Waals surface area contributed by atoms with Crippen molar-refractivity contribution in [2.45, 2.75) is 13.0 Å². The van der Waals surface area contributed by atoms with Crippen LogP contribution in [0.2, 0.25) is 5.02 Å². The van der Waals surface area contributed by atoms with Gasteiger partial charge in [-0.15, -0.1) is 0 Å². The first kappa shape index (κ1) is 22.8. The van der Waals surface area contributed by atoms with E-state index in [9.17, 15) is 9.18 Å². The number of fused-ring (bicyclic) bond motifs is 1. The Hall–Kier alpha value is -3.43. The summed E-state index contributed by atoms with van der Waals surface area (Å²) < 4.78 is 19.1. The molecule has 2 aromatic carbocycles. The number of hydrogen-bond donors (Lipinski definition) is 3.